The van der Waals surface area contributed by atoms with Crippen LogP contribution in [-0.2, 0) is 4.79 Å². The van der Waals surface area contributed by atoms with E-state index in [0.29, 0.717) is 24.9 Å². The molecular formula is C13H20N2O2S. The summed E-state index contributed by atoms with van der Waals surface area (Å²) in [5.41, 5.74) is 0.690. The smallest absolute Gasteiger partial charge is 0.252 e. The third-order valence-corrected chi connectivity index (χ3v) is 3.44. The fourth-order valence-electron chi connectivity index (χ4n) is 1.67. The van der Waals surface area contributed by atoms with E-state index in [0.717, 1.165) is 13.1 Å². The van der Waals surface area contributed by atoms with Crippen molar-refractivity contribution in [2.75, 3.05) is 19.6 Å². The molecule has 0 bridgehead atoms. The van der Waals surface area contributed by atoms with E-state index in [1.807, 2.05) is 24.6 Å². The van der Waals surface area contributed by atoms with E-state index < -0.39 is 0 Å². The summed E-state index contributed by atoms with van der Waals surface area (Å²) in [6.45, 7) is 5.98. The summed E-state index contributed by atoms with van der Waals surface area (Å²) in [6, 6.07) is 1.79. The number of hydrogen-bond acceptors (Lipinski definition) is 3. The highest BCUT2D eigenvalue weighted by Gasteiger charge is 2.09. The second kappa shape index (κ2) is 7.87. The van der Waals surface area contributed by atoms with Gasteiger partial charge < -0.3 is 10.2 Å². The predicted octanol–water partition coefficient (Wildman–Crippen LogP) is 2.13. The average Bonchev–Trinajstić information content (AvgIpc) is 2.89. The second-order valence-corrected chi connectivity index (χ2v) is 4.72. The summed E-state index contributed by atoms with van der Waals surface area (Å²) in [6.07, 6.45) is 1.18. The van der Waals surface area contributed by atoms with Gasteiger partial charge in [0.05, 0.1) is 0 Å². The molecule has 1 N–H and O–H groups in total. The molecule has 0 aliphatic rings. The van der Waals surface area contributed by atoms with Gasteiger partial charge in [0.2, 0.25) is 5.91 Å². The van der Waals surface area contributed by atoms with Crippen molar-refractivity contribution >= 4 is 23.2 Å². The fourth-order valence-corrected chi connectivity index (χ4v) is 2.31. The van der Waals surface area contributed by atoms with Crippen LogP contribution >= 0.6 is 11.3 Å². The van der Waals surface area contributed by atoms with Crippen LogP contribution in [0.5, 0.6) is 0 Å². The van der Waals surface area contributed by atoms with Crippen LogP contribution < -0.4 is 5.32 Å². The molecule has 0 spiro atoms. The first-order valence-corrected chi connectivity index (χ1v) is 7.21. The van der Waals surface area contributed by atoms with Crippen LogP contribution in [0.1, 0.15) is 37.0 Å². The number of rotatable bonds is 7. The zero-order chi connectivity index (χ0) is 13.4. The van der Waals surface area contributed by atoms with Gasteiger partial charge in [0, 0.05) is 37.0 Å². The van der Waals surface area contributed by atoms with Gasteiger partial charge in [-0.05, 0) is 31.7 Å². The first-order valence-electron chi connectivity index (χ1n) is 6.27. The number of thiophene rings is 1. The van der Waals surface area contributed by atoms with Gasteiger partial charge in [0.15, 0.2) is 0 Å². The second-order valence-electron chi connectivity index (χ2n) is 3.94. The molecule has 5 heteroatoms. The Labute approximate surface area is 112 Å². The number of nitrogens with one attached hydrogen (secondary N) is 1. The van der Waals surface area contributed by atoms with E-state index in [-0.39, 0.29) is 11.8 Å². The van der Waals surface area contributed by atoms with Crippen molar-refractivity contribution in [3.8, 4) is 0 Å². The maximum Gasteiger partial charge on any atom is 0.252 e. The molecule has 1 aromatic heterocycles. The standard InChI is InChI=1S/C13H20N2O2S/c1-3-15(4-2)12(16)6-5-8-14-13(17)11-7-9-18-10-11/h7,9-10H,3-6,8H2,1-2H3,(H,14,17). The fraction of sp³-hybridized carbons (Fsp3) is 0.538. The lowest BCUT2D eigenvalue weighted by Crippen LogP contribution is -2.31. The van der Waals surface area contributed by atoms with Crippen molar-refractivity contribution in [2.24, 2.45) is 0 Å². The van der Waals surface area contributed by atoms with E-state index in [1.54, 1.807) is 11.0 Å². The minimum absolute atomic E-state index is 0.0634. The van der Waals surface area contributed by atoms with Crippen LogP contribution in [0.25, 0.3) is 0 Å². The Balaban J connectivity index is 2.19. The lowest BCUT2D eigenvalue weighted by Gasteiger charge is -2.18. The first kappa shape index (κ1) is 14.7. The average molecular weight is 268 g/mol. The van der Waals surface area contributed by atoms with Gasteiger partial charge in [-0.2, -0.15) is 11.3 Å². The summed E-state index contributed by atoms with van der Waals surface area (Å²) in [5.74, 6) is 0.0938. The summed E-state index contributed by atoms with van der Waals surface area (Å²) < 4.78 is 0. The van der Waals surface area contributed by atoms with Gasteiger partial charge in [0.1, 0.15) is 0 Å². The van der Waals surface area contributed by atoms with Crippen molar-refractivity contribution in [2.45, 2.75) is 26.7 Å². The minimum atomic E-state index is -0.0634. The molecule has 1 aromatic rings. The number of amides is 2. The molecule has 100 valence electrons. The largest absolute Gasteiger partial charge is 0.352 e. The summed E-state index contributed by atoms with van der Waals surface area (Å²) in [7, 11) is 0. The molecule has 0 radical (unpaired) electrons. The van der Waals surface area contributed by atoms with Gasteiger partial charge in [-0.3, -0.25) is 9.59 Å². The van der Waals surface area contributed by atoms with Crippen molar-refractivity contribution in [1.82, 2.24) is 10.2 Å². The van der Waals surface area contributed by atoms with Gasteiger partial charge in [0.25, 0.3) is 5.91 Å². The molecule has 0 aromatic carbocycles. The van der Waals surface area contributed by atoms with Crippen LogP contribution in [0.3, 0.4) is 0 Å². The molecule has 1 rings (SSSR count). The molecule has 0 saturated carbocycles. The minimum Gasteiger partial charge on any atom is -0.352 e. The lowest BCUT2D eigenvalue weighted by atomic mass is 10.2. The molecule has 0 fully saturated rings. The SMILES string of the molecule is CCN(CC)C(=O)CCCNC(=O)c1ccsc1. The van der Waals surface area contributed by atoms with Gasteiger partial charge in [-0.1, -0.05) is 0 Å². The van der Waals surface area contributed by atoms with Crippen LogP contribution in [0.4, 0.5) is 0 Å². The number of nitrogens with zero attached hydrogens (tertiary/aromatic N) is 1. The quantitative estimate of drug-likeness (QED) is 0.770. The highest BCUT2D eigenvalue weighted by molar-refractivity contribution is 7.08. The third kappa shape index (κ3) is 4.49. The lowest BCUT2D eigenvalue weighted by molar-refractivity contribution is -0.130. The summed E-state index contributed by atoms with van der Waals surface area (Å²) in [5, 5.41) is 6.50. The Bertz CT molecular complexity index is 372. The van der Waals surface area contributed by atoms with Crippen molar-refractivity contribution < 1.29 is 9.59 Å². The van der Waals surface area contributed by atoms with Gasteiger partial charge in [-0.25, -0.2) is 0 Å². The van der Waals surface area contributed by atoms with E-state index >= 15 is 0 Å². The maximum absolute atomic E-state index is 11.7. The Kier molecular flexibility index (Phi) is 6.43. The summed E-state index contributed by atoms with van der Waals surface area (Å²) >= 11 is 1.50. The van der Waals surface area contributed by atoms with Crippen LogP contribution in [0.2, 0.25) is 0 Å². The molecule has 0 saturated heterocycles. The normalized spacial score (nSPS) is 10.1. The third-order valence-electron chi connectivity index (χ3n) is 2.75. The molecule has 4 nitrogen and oxygen atoms in total. The molecule has 0 unspecified atom stereocenters. The molecule has 2 amide bonds. The number of carbonyl (C=O) groups excluding carboxylic acids is 2. The number of hydrogen-bond donors (Lipinski definition) is 1. The Morgan fingerprint density at radius 2 is 2.06 bits per heavy atom. The van der Waals surface area contributed by atoms with E-state index in [9.17, 15) is 9.59 Å². The Hall–Kier alpha value is -1.36. The van der Waals surface area contributed by atoms with Gasteiger partial charge in [-0.15, -0.1) is 0 Å². The maximum atomic E-state index is 11.7. The highest BCUT2D eigenvalue weighted by atomic mass is 32.1. The monoisotopic (exact) mass is 268 g/mol. The van der Waals surface area contributed by atoms with Crippen LogP contribution in [0.15, 0.2) is 16.8 Å². The first-order chi connectivity index (χ1) is 8.69. The zero-order valence-corrected chi connectivity index (χ0v) is 11.8. The molecule has 0 aliphatic carbocycles. The van der Waals surface area contributed by atoms with E-state index in [1.165, 1.54) is 11.3 Å². The molecular weight excluding hydrogens is 248 g/mol. The van der Waals surface area contributed by atoms with Gasteiger partial charge >= 0.3 is 0 Å². The Morgan fingerprint density at radius 1 is 1.33 bits per heavy atom. The van der Waals surface area contributed by atoms with E-state index in [2.05, 4.69) is 5.32 Å². The van der Waals surface area contributed by atoms with Crippen molar-refractivity contribution in [1.29, 1.82) is 0 Å². The predicted molar refractivity (Wildman–Crippen MR) is 73.8 cm³/mol. The van der Waals surface area contributed by atoms with Crippen molar-refractivity contribution in [3.05, 3.63) is 22.4 Å². The topological polar surface area (TPSA) is 49.4 Å². The Morgan fingerprint density at radius 3 is 2.61 bits per heavy atom. The highest BCUT2D eigenvalue weighted by Crippen LogP contribution is 2.05. The van der Waals surface area contributed by atoms with E-state index in [4.69, 9.17) is 0 Å². The molecule has 1 heterocycles. The summed E-state index contributed by atoms with van der Waals surface area (Å²) in [4.78, 5) is 25.1. The van der Waals surface area contributed by atoms with Crippen LogP contribution in [-0.4, -0.2) is 36.3 Å². The molecule has 18 heavy (non-hydrogen) atoms. The van der Waals surface area contributed by atoms with Crippen molar-refractivity contribution in [3.63, 3.8) is 0 Å². The van der Waals surface area contributed by atoms with Crippen LogP contribution in [0, 0.1) is 0 Å². The molecule has 0 aliphatic heterocycles. The number of carbonyl (C=O) groups is 2. The molecule has 0 atom stereocenters. The zero-order valence-electron chi connectivity index (χ0n) is 10.9.